The summed E-state index contributed by atoms with van der Waals surface area (Å²) in [6.07, 6.45) is 1.71. The summed E-state index contributed by atoms with van der Waals surface area (Å²) >= 11 is 0. The predicted molar refractivity (Wildman–Crippen MR) is 106 cm³/mol. The van der Waals surface area contributed by atoms with Crippen molar-refractivity contribution in [2.24, 2.45) is 0 Å². The number of carbonyl (C=O) groups excluding carboxylic acids is 1. The topological polar surface area (TPSA) is 83.7 Å². The zero-order chi connectivity index (χ0) is 20.5. The molecule has 0 atom stereocenters. The Bertz CT molecular complexity index is 1250. The smallest absolute Gasteiger partial charge is 0.335 e. The van der Waals surface area contributed by atoms with Crippen LogP contribution in [0.4, 0.5) is 4.39 Å². The fourth-order valence-electron chi connectivity index (χ4n) is 3.22. The number of hydrogen-bond donors (Lipinski definition) is 2. The van der Waals surface area contributed by atoms with E-state index in [9.17, 15) is 19.1 Å². The average Bonchev–Trinajstić information content (AvgIpc) is 3.12. The van der Waals surface area contributed by atoms with E-state index < -0.39 is 5.97 Å². The van der Waals surface area contributed by atoms with Crippen LogP contribution < -0.4 is 5.32 Å². The van der Waals surface area contributed by atoms with Crippen molar-refractivity contribution in [3.63, 3.8) is 0 Å². The molecule has 0 spiro atoms. The third kappa shape index (κ3) is 3.34. The van der Waals surface area contributed by atoms with E-state index in [1.807, 2.05) is 0 Å². The second-order valence-corrected chi connectivity index (χ2v) is 6.44. The summed E-state index contributed by atoms with van der Waals surface area (Å²) in [5, 5.41) is 16.4. The highest BCUT2D eigenvalue weighted by Gasteiger charge is 2.21. The van der Waals surface area contributed by atoms with Gasteiger partial charge in [0, 0.05) is 18.8 Å². The number of amides is 1. The van der Waals surface area contributed by atoms with Gasteiger partial charge >= 0.3 is 5.97 Å². The first-order chi connectivity index (χ1) is 14.0. The minimum atomic E-state index is -1.01. The number of hydrogen-bond acceptors (Lipinski definition) is 3. The highest BCUT2D eigenvalue weighted by molar-refractivity contribution is 6.06. The van der Waals surface area contributed by atoms with Crippen molar-refractivity contribution in [3.8, 4) is 22.4 Å². The standard InChI is InChI=1S/C22H16FN3O3/c1-24-21(27)19-18-12-15(14-3-2-4-16(11-14)22(28)29)9-10-26(18)25-20(19)13-5-7-17(23)8-6-13/h2-12H,1H3,(H,24,27)(H,28,29). The van der Waals surface area contributed by atoms with Gasteiger partial charge in [0.05, 0.1) is 16.6 Å². The van der Waals surface area contributed by atoms with E-state index in [-0.39, 0.29) is 17.3 Å². The number of nitrogens with zero attached hydrogens (tertiary/aromatic N) is 2. The van der Waals surface area contributed by atoms with E-state index in [1.165, 1.54) is 25.2 Å². The van der Waals surface area contributed by atoms with Crippen LogP contribution in [0.1, 0.15) is 20.7 Å². The molecular formula is C22H16FN3O3. The van der Waals surface area contributed by atoms with Gasteiger partial charge in [-0.1, -0.05) is 12.1 Å². The van der Waals surface area contributed by atoms with Gasteiger partial charge in [-0.05, 0) is 59.7 Å². The van der Waals surface area contributed by atoms with Crippen molar-refractivity contribution >= 4 is 17.4 Å². The summed E-state index contributed by atoms with van der Waals surface area (Å²) in [5.74, 6) is -1.71. The Morgan fingerprint density at radius 3 is 2.41 bits per heavy atom. The number of rotatable bonds is 4. The van der Waals surface area contributed by atoms with Crippen LogP contribution in [0.3, 0.4) is 0 Å². The normalized spacial score (nSPS) is 10.8. The number of pyridine rings is 1. The number of carbonyl (C=O) groups is 2. The van der Waals surface area contributed by atoms with Crippen LogP contribution in [0.2, 0.25) is 0 Å². The summed E-state index contributed by atoms with van der Waals surface area (Å²) < 4.78 is 14.9. The van der Waals surface area contributed by atoms with Crippen molar-refractivity contribution in [1.29, 1.82) is 0 Å². The van der Waals surface area contributed by atoms with Crippen LogP contribution in [-0.4, -0.2) is 33.6 Å². The van der Waals surface area contributed by atoms with Gasteiger partial charge in [-0.3, -0.25) is 4.79 Å². The molecule has 0 aliphatic heterocycles. The Morgan fingerprint density at radius 1 is 1.00 bits per heavy atom. The van der Waals surface area contributed by atoms with Gasteiger partial charge in [-0.25, -0.2) is 13.7 Å². The molecule has 0 saturated carbocycles. The summed E-state index contributed by atoms with van der Waals surface area (Å²) in [7, 11) is 1.53. The molecule has 4 aromatic rings. The molecule has 29 heavy (non-hydrogen) atoms. The molecule has 0 bridgehead atoms. The third-order valence-corrected chi connectivity index (χ3v) is 4.65. The monoisotopic (exact) mass is 389 g/mol. The SMILES string of the molecule is CNC(=O)c1c(-c2ccc(F)cc2)nn2ccc(-c3cccc(C(=O)O)c3)cc12. The molecule has 2 heterocycles. The van der Waals surface area contributed by atoms with Crippen molar-refractivity contribution in [1.82, 2.24) is 14.9 Å². The first-order valence-corrected chi connectivity index (χ1v) is 8.82. The van der Waals surface area contributed by atoms with Gasteiger partial charge in [0.1, 0.15) is 11.5 Å². The van der Waals surface area contributed by atoms with E-state index >= 15 is 0 Å². The fraction of sp³-hybridized carbons (Fsp3) is 0.0455. The molecule has 0 radical (unpaired) electrons. The lowest BCUT2D eigenvalue weighted by molar-refractivity contribution is 0.0696. The van der Waals surface area contributed by atoms with E-state index in [0.717, 1.165) is 5.56 Å². The highest BCUT2D eigenvalue weighted by atomic mass is 19.1. The van der Waals surface area contributed by atoms with Gasteiger partial charge in [0.25, 0.3) is 5.91 Å². The largest absolute Gasteiger partial charge is 0.478 e. The summed E-state index contributed by atoms with van der Waals surface area (Å²) in [4.78, 5) is 23.9. The molecule has 0 aliphatic carbocycles. The van der Waals surface area contributed by atoms with E-state index in [1.54, 1.807) is 53.2 Å². The van der Waals surface area contributed by atoms with Gasteiger partial charge in [-0.2, -0.15) is 5.10 Å². The van der Waals surface area contributed by atoms with Crippen molar-refractivity contribution < 1.29 is 19.1 Å². The van der Waals surface area contributed by atoms with E-state index in [4.69, 9.17) is 0 Å². The van der Waals surface area contributed by atoms with Crippen molar-refractivity contribution in [3.05, 3.63) is 83.8 Å². The Balaban J connectivity index is 1.92. The lowest BCUT2D eigenvalue weighted by Gasteiger charge is -2.05. The van der Waals surface area contributed by atoms with Crippen LogP contribution in [0.15, 0.2) is 66.9 Å². The average molecular weight is 389 g/mol. The maximum absolute atomic E-state index is 13.3. The number of aromatic nitrogens is 2. The fourth-order valence-corrected chi connectivity index (χ4v) is 3.22. The van der Waals surface area contributed by atoms with Gasteiger partial charge < -0.3 is 10.4 Å². The molecular weight excluding hydrogens is 373 g/mol. The van der Waals surface area contributed by atoms with Gasteiger partial charge in [0.15, 0.2) is 0 Å². The molecule has 7 heteroatoms. The molecule has 144 valence electrons. The van der Waals surface area contributed by atoms with Gasteiger partial charge in [0.2, 0.25) is 0 Å². The minimum absolute atomic E-state index is 0.175. The highest BCUT2D eigenvalue weighted by Crippen LogP contribution is 2.29. The predicted octanol–water partition coefficient (Wildman–Crippen LogP) is 3.87. The maximum atomic E-state index is 13.3. The molecule has 1 amide bonds. The number of benzene rings is 2. The number of halogens is 1. The van der Waals surface area contributed by atoms with Gasteiger partial charge in [-0.15, -0.1) is 0 Å². The first-order valence-electron chi connectivity index (χ1n) is 8.82. The van der Waals surface area contributed by atoms with E-state index in [2.05, 4.69) is 10.4 Å². The number of nitrogens with one attached hydrogen (secondary N) is 1. The van der Waals surface area contributed by atoms with Crippen LogP contribution in [0.25, 0.3) is 27.9 Å². The maximum Gasteiger partial charge on any atom is 0.335 e. The van der Waals surface area contributed by atoms with Crippen molar-refractivity contribution in [2.75, 3.05) is 7.05 Å². The quantitative estimate of drug-likeness (QED) is 0.555. The van der Waals surface area contributed by atoms with Crippen LogP contribution >= 0.6 is 0 Å². The number of carboxylic acids is 1. The second-order valence-electron chi connectivity index (χ2n) is 6.44. The molecule has 0 saturated heterocycles. The number of fused-ring (bicyclic) bond motifs is 1. The molecule has 0 unspecified atom stereocenters. The minimum Gasteiger partial charge on any atom is -0.478 e. The molecule has 2 N–H and O–H groups in total. The Labute approximate surface area is 165 Å². The van der Waals surface area contributed by atoms with Crippen molar-refractivity contribution in [2.45, 2.75) is 0 Å². The molecule has 2 aromatic carbocycles. The first kappa shape index (κ1) is 18.4. The zero-order valence-electron chi connectivity index (χ0n) is 15.4. The summed E-state index contributed by atoms with van der Waals surface area (Å²) in [6, 6.07) is 15.9. The number of aromatic carboxylic acids is 1. The summed E-state index contributed by atoms with van der Waals surface area (Å²) in [5.41, 5.74) is 3.59. The second kappa shape index (κ2) is 7.20. The lowest BCUT2D eigenvalue weighted by Crippen LogP contribution is -2.18. The van der Waals surface area contributed by atoms with E-state index in [0.29, 0.717) is 27.9 Å². The molecule has 4 rings (SSSR count). The molecule has 0 fully saturated rings. The third-order valence-electron chi connectivity index (χ3n) is 4.65. The summed E-state index contributed by atoms with van der Waals surface area (Å²) in [6.45, 7) is 0. The Morgan fingerprint density at radius 2 is 1.72 bits per heavy atom. The Kier molecular flexibility index (Phi) is 4.56. The Hall–Kier alpha value is -4.00. The zero-order valence-corrected chi connectivity index (χ0v) is 15.4. The van der Waals surface area contributed by atoms with Crippen LogP contribution in [0.5, 0.6) is 0 Å². The van der Waals surface area contributed by atoms with Crippen LogP contribution in [-0.2, 0) is 0 Å². The molecule has 6 nitrogen and oxygen atoms in total. The molecule has 2 aromatic heterocycles. The number of carboxylic acid groups (broad SMARTS) is 1. The lowest BCUT2D eigenvalue weighted by atomic mass is 10.0. The van der Waals surface area contributed by atoms with Crippen LogP contribution in [0, 0.1) is 5.82 Å². The molecule has 0 aliphatic rings.